The molecule has 0 aliphatic carbocycles. The van der Waals surface area contributed by atoms with E-state index in [1.807, 2.05) is 13.1 Å². The van der Waals surface area contributed by atoms with Crippen molar-refractivity contribution in [2.45, 2.75) is 19.3 Å². The maximum atomic E-state index is 10.8. The predicted molar refractivity (Wildman–Crippen MR) is 83.8 cm³/mol. The van der Waals surface area contributed by atoms with Gasteiger partial charge >= 0.3 is 5.97 Å². The van der Waals surface area contributed by atoms with Gasteiger partial charge in [-0.3, -0.25) is 0 Å². The Kier molecular flexibility index (Phi) is 5.32. The average molecular weight is 284 g/mol. The molecular weight excluding hydrogens is 264 g/mol. The van der Waals surface area contributed by atoms with Gasteiger partial charge in [0, 0.05) is 19.8 Å². The summed E-state index contributed by atoms with van der Waals surface area (Å²) in [5, 5.41) is 8.84. The van der Waals surface area contributed by atoms with Crippen LogP contribution in [0, 0.1) is 0 Å². The maximum absolute atomic E-state index is 10.8. The highest BCUT2D eigenvalue weighted by Gasteiger charge is 2.06. The molecule has 0 saturated carbocycles. The van der Waals surface area contributed by atoms with Crippen LogP contribution in [0.25, 0.3) is 0 Å². The summed E-state index contributed by atoms with van der Waals surface area (Å²) < 4.78 is 0. The number of aromatic nitrogens is 1. The Hall–Kier alpha value is -2.36. The molecule has 0 radical (unpaired) electrons. The highest BCUT2D eigenvalue weighted by Crippen LogP contribution is 2.11. The van der Waals surface area contributed by atoms with Crippen molar-refractivity contribution >= 4 is 11.8 Å². The fraction of sp³-hybridized carbons (Fsp3) is 0.294. The van der Waals surface area contributed by atoms with E-state index in [0.29, 0.717) is 0 Å². The first kappa shape index (κ1) is 15.0. The van der Waals surface area contributed by atoms with Crippen molar-refractivity contribution in [3.63, 3.8) is 0 Å². The number of unbranched alkanes of at least 4 members (excludes halogenated alkanes) is 1. The summed E-state index contributed by atoms with van der Waals surface area (Å²) in [7, 11) is 1.98. The Morgan fingerprint density at radius 3 is 2.52 bits per heavy atom. The average Bonchev–Trinajstić information content (AvgIpc) is 2.52. The summed E-state index contributed by atoms with van der Waals surface area (Å²) >= 11 is 0. The van der Waals surface area contributed by atoms with Gasteiger partial charge in [-0.1, -0.05) is 30.3 Å². The van der Waals surface area contributed by atoms with Crippen molar-refractivity contribution in [1.29, 1.82) is 0 Å². The van der Waals surface area contributed by atoms with Gasteiger partial charge in [0.1, 0.15) is 5.82 Å². The molecular formula is C17H20N2O2. The standard InChI is InChI=1S/C17H20N2O2/c1-19(16-11-10-15(13-18-16)17(20)21)12-6-5-9-14-7-3-2-4-8-14/h2-4,7-8,10-11,13H,5-6,9,12H2,1H3,(H,20,21). The molecule has 0 unspecified atom stereocenters. The minimum atomic E-state index is -0.945. The van der Waals surface area contributed by atoms with Crippen LogP contribution in [0.3, 0.4) is 0 Å². The Bertz CT molecular complexity index is 567. The monoisotopic (exact) mass is 284 g/mol. The van der Waals surface area contributed by atoms with Crippen molar-refractivity contribution in [3.8, 4) is 0 Å². The summed E-state index contributed by atoms with van der Waals surface area (Å²) in [6.45, 7) is 0.909. The minimum absolute atomic E-state index is 0.219. The van der Waals surface area contributed by atoms with Crippen molar-refractivity contribution < 1.29 is 9.90 Å². The number of carboxylic acids is 1. The molecule has 1 aromatic heterocycles. The van der Waals surface area contributed by atoms with Gasteiger partial charge < -0.3 is 10.0 Å². The van der Waals surface area contributed by atoms with Crippen LogP contribution in [-0.4, -0.2) is 29.7 Å². The van der Waals surface area contributed by atoms with Crippen LogP contribution in [-0.2, 0) is 6.42 Å². The number of aromatic carboxylic acids is 1. The van der Waals surface area contributed by atoms with Gasteiger partial charge in [0.15, 0.2) is 0 Å². The molecule has 2 aromatic rings. The third-order valence-corrected chi connectivity index (χ3v) is 3.44. The molecule has 4 nitrogen and oxygen atoms in total. The molecule has 0 spiro atoms. The van der Waals surface area contributed by atoms with Crippen molar-refractivity contribution in [1.82, 2.24) is 4.98 Å². The molecule has 1 aromatic carbocycles. The Labute approximate surface area is 125 Å². The molecule has 0 saturated heterocycles. The van der Waals surface area contributed by atoms with E-state index in [1.54, 1.807) is 12.1 Å². The molecule has 0 amide bonds. The highest BCUT2D eigenvalue weighted by molar-refractivity contribution is 5.87. The van der Waals surface area contributed by atoms with Gasteiger partial charge in [0.2, 0.25) is 0 Å². The molecule has 0 aliphatic heterocycles. The third-order valence-electron chi connectivity index (χ3n) is 3.44. The van der Waals surface area contributed by atoms with Crippen LogP contribution >= 0.6 is 0 Å². The lowest BCUT2D eigenvalue weighted by Gasteiger charge is -2.18. The van der Waals surface area contributed by atoms with E-state index in [9.17, 15) is 4.79 Å². The third kappa shape index (κ3) is 4.60. The zero-order valence-corrected chi connectivity index (χ0v) is 12.2. The predicted octanol–water partition coefficient (Wildman–Crippen LogP) is 3.24. The molecule has 0 bridgehead atoms. The molecule has 0 aliphatic rings. The van der Waals surface area contributed by atoms with Crippen LogP contribution in [0.4, 0.5) is 5.82 Å². The molecule has 1 heterocycles. The number of anilines is 1. The first-order valence-corrected chi connectivity index (χ1v) is 7.11. The molecule has 4 heteroatoms. The fourth-order valence-electron chi connectivity index (χ4n) is 2.18. The van der Waals surface area contributed by atoms with Gasteiger partial charge in [-0.15, -0.1) is 0 Å². The lowest BCUT2D eigenvalue weighted by atomic mass is 10.1. The van der Waals surface area contributed by atoms with E-state index >= 15 is 0 Å². The Morgan fingerprint density at radius 2 is 1.90 bits per heavy atom. The van der Waals surface area contributed by atoms with Gasteiger partial charge in [-0.25, -0.2) is 9.78 Å². The summed E-state index contributed by atoms with van der Waals surface area (Å²) in [5.41, 5.74) is 1.58. The van der Waals surface area contributed by atoms with Crippen LogP contribution in [0.1, 0.15) is 28.8 Å². The first-order valence-electron chi connectivity index (χ1n) is 7.11. The number of hydrogen-bond acceptors (Lipinski definition) is 3. The lowest BCUT2D eigenvalue weighted by molar-refractivity contribution is 0.0696. The fourth-order valence-corrected chi connectivity index (χ4v) is 2.18. The Morgan fingerprint density at radius 1 is 1.14 bits per heavy atom. The SMILES string of the molecule is CN(CCCCc1ccccc1)c1ccc(C(=O)O)cn1. The number of aryl methyl sites for hydroxylation is 1. The van der Waals surface area contributed by atoms with E-state index < -0.39 is 5.97 Å². The number of rotatable bonds is 7. The Balaban J connectivity index is 1.76. The van der Waals surface area contributed by atoms with E-state index in [1.165, 1.54) is 11.8 Å². The second-order valence-electron chi connectivity index (χ2n) is 5.07. The number of nitrogens with zero attached hydrogens (tertiary/aromatic N) is 2. The zero-order valence-electron chi connectivity index (χ0n) is 12.2. The largest absolute Gasteiger partial charge is 0.478 e. The van der Waals surface area contributed by atoms with Crippen molar-refractivity contribution in [2.75, 3.05) is 18.5 Å². The second kappa shape index (κ2) is 7.43. The van der Waals surface area contributed by atoms with E-state index in [-0.39, 0.29) is 5.56 Å². The normalized spacial score (nSPS) is 10.3. The molecule has 0 atom stereocenters. The van der Waals surface area contributed by atoms with Gasteiger partial charge in [-0.2, -0.15) is 0 Å². The quantitative estimate of drug-likeness (QED) is 0.793. The minimum Gasteiger partial charge on any atom is -0.478 e. The van der Waals surface area contributed by atoms with Gasteiger partial charge in [0.05, 0.1) is 5.56 Å². The summed E-state index contributed by atoms with van der Waals surface area (Å²) in [4.78, 5) is 17.0. The van der Waals surface area contributed by atoms with Crippen LogP contribution < -0.4 is 4.90 Å². The molecule has 0 fully saturated rings. The number of pyridine rings is 1. The van der Waals surface area contributed by atoms with Crippen molar-refractivity contribution in [3.05, 3.63) is 59.8 Å². The number of carboxylic acid groups (broad SMARTS) is 1. The van der Waals surface area contributed by atoms with Crippen molar-refractivity contribution in [2.24, 2.45) is 0 Å². The van der Waals surface area contributed by atoms with Crippen LogP contribution in [0.15, 0.2) is 48.7 Å². The topological polar surface area (TPSA) is 53.4 Å². The molecule has 2 rings (SSSR count). The smallest absolute Gasteiger partial charge is 0.337 e. The second-order valence-corrected chi connectivity index (χ2v) is 5.07. The maximum Gasteiger partial charge on any atom is 0.337 e. The molecule has 1 N–H and O–H groups in total. The summed E-state index contributed by atoms with van der Waals surface area (Å²) in [6.07, 6.45) is 4.69. The number of benzene rings is 1. The number of hydrogen-bond donors (Lipinski definition) is 1. The highest BCUT2D eigenvalue weighted by atomic mass is 16.4. The lowest BCUT2D eigenvalue weighted by Crippen LogP contribution is -2.19. The zero-order chi connectivity index (χ0) is 15.1. The van der Waals surface area contributed by atoms with Crippen LogP contribution in [0.5, 0.6) is 0 Å². The number of carbonyl (C=O) groups is 1. The summed E-state index contributed by atoms with van der Waals surface area (Å²) in [5.74, 6) is -0.140. The van der Waals surface area contributed by atoms with Crippen LogP contribution in [0.2, 0.25) is 0 Å². The van der Waals surface area contributed by atoms with Gasteiger partial charge in [0.25, 0.3) is 0 Å². The van der Waals surface area contributed by atoms with E-state index in [0.717, 1.165) is 31.6 Å². The molecule has 110 valence electrons. The summed E-state index contributed by atoms with van der Waals surface area (Å²) in [6, 6.07) is 13.8. The first-order chi connectivity index (χ1) is 10.2. The molecule has 21 heavy (non-hydrogen) atoms. The van der Waals surface area contributed by atoms with E-state index in [4.69, 9.17) is 5.11 Å². The van der Waals surface area contributed by atoms with Gasteiger partial charge in [-0.05, 0) is 37.0 Å². The van der Waals surface area contributed by atoms with E-state index in [2.05, 4.69) is 34.1 Å².